The zero-order valence-corrected chi connectivity index (χ0v) is 4.72. The summed E-state index contributed by atoms with van der Waals surface area (Å²) in [6.07, 6.45) is 0.534. The van der Waals surface area contributed by atoms with Crippen LogP contribution in [0.5, 0.6) is 0 Å². The number of nitrogens with two attached hydrogens (primary N) is 1. The fourth-order valence-corrected chi connectivity index (χ4v) is 0.268. The van der Waals surface area contributed by atoms with Crippen LogP contribution in [-0.4, -0.2) is 17.2 Å². The molecule has 0 aromatic rings. The fourth-order valence-electron chi connectivity index (χ4n) is 0.268. The van der Waals surface area contributed by atoms with E-state index in [-0.39, 0.29) is 0 Å². The van der Waals surface area contributed by atoms with Crippen molar-refractivity contribution in [3.05, 3.63) is 0 Å². The minimum absolute atomic E-state index is 0.534. The van der Waals surface area contributed by atoms with Gasteiger partial charge in [0.25, 0.3) is 5.91 Å². The predicted molar refractivity (Wildman–Crippen MR) is 28.2 cm³/mol. The normalized spacial score (nSPS) is 12.9. The third kappa shape index (κ3) is 1.90. The fraction of sp³-hybridized carbons (Fsp3) is 0.750. The molecule has 0 bridgehead atoms. The SMILES string of the molecule is CC[C@H](N)C(=O)NO. The summed E-state index contributed by atoms with van der Waals surface area (Å²) in [4.78, 5) is 10.3. The maximum Gasteiger partial charge on any atom is 0.260 e. The highest BCUT2D eigenvalue weighted by molar-refractivity contribution is 5.80. The summed E-state index contributed by atoms with van der Waals surface area (Å²) in [5, 5.41) is 7.96. The average Bonchev–Trinajstić information content (AvgIpc) is 1.84. The first-order valence-electron chi connectivity index (χ1n) is 2.42. The molecule has 1 amide bonds. The lowest BCUT2D eigenvalue weighted by molar-refractivity contribution is -0.130. The third-order valence-corrected chi connectivity index (χ3v) is 0.887. The summed E-state index contributed by atoms with van der Waals surface area (Å²) < 4.78 is 0. The summed E-state index contributed by atoms with van der Waals surface area (Å²) in [5.74, 6) is -0.535. The number of rotatable bonds is 2. The van der Waals surface area contributed by atoms with E-state index in [1.807, 2.05) is 0 Å². The Morgan fingerprint density at radius 1 is 2.00 bits per heavy atom. The lowest BCUT2D eigenvalue weighted by atomic mass is 10.2. The molecule has 0 aliphatic rings. The van der Waals surface area contributed by atoms with Gasteiger partial charge in [-0.05, 0) is 6.42 Å². The Kier molecular flexibility index (Phi) is 3.14. The molecule has 0 saturated carbocycles. The molecule has 0 saturated heterocycles. The molecule has 0 spiro atoms. The molecule has 48 valence electrons. The van der Waals surface area contributed by atoms with E-state index in [9.17, 15) is 4.79 Å². The lowest BCUT2D eigenvalue weighted by Gasteiger charge is -2.02. The largest absolute Gasteiger partial charge is 0.320 e. The van der Waals surface area contributed by atoms with Crippen molar-refractivity contribution >= 4 is 5.91 Å². The highest BCUT2D eigenvalue weighted by Crippen LogP contribution is 1.82. The van der Waals surface area contributed by atoms with Gasteiger partial charge in [0.1, 0.15) is 0 Å². The molecule has 0 aliphatic carbocycles. The van der Waals surface area contributed by atoms with Crippen molar-refractivity contribution in [2.75, 3.05) is 0 Å². The molecule has 0 fully saturated rings. The van der Waals surface area contributed by atoms with E-state index in [0.717, 1.165) is 0 Å². The number of amides is 1. The number of carbonyl (C=O) groups excluding carboxylic acids is 1. The molecular formula is C4H10N2O2. The van der Waals surface area contributed by atoms with Crippen molar-refractivity contribution in [1.82, 2.24) is 5.48 Å². The highest BCUT2D eigenvalue weighted by Gasteiger charge is 2.07. The molecule has 0 aromatic carbocycles. The third-order valence-electron chi connectivity index (χ3n) is 0.887. The monoisotopic (exact) mass is 118 g/mol. The Labute approximate surface area is 47.6 Å². The van der Waals surface area contributed by atoms with E-state index < -0.39 is 11.9 Å². The topological polar surface area (TPSA) is 75.4 Å². The van der Waals surface area contributed by atoms with Gasteiger partial charge in [-0.1, -0.05) is 6.92 Å². The molecule has 4 N–H and O–H groups in total. The van der Waals surface area contributed by atoms with Crippen LogP contribution in [-0.2, 0) is 4.79 Å². The van der Waals surface area contributed by atoms with E-state index in [0.29, 0.717) is 6.42 Å². The molecule has 0 radical (unpaired) electrons. The minimum atomic E-state index is -0.583. The molecule has 4 heteroatoms. The van der Waals surface area contributed by atoms with Crippen molar-refractivity contribution in [3.63, 3.8) is 0 Å². The van der Waals surface area contributed by atoms with Gasteiger partial charge in [0.15, 0.2) is 0 Å². The molecule has 1 atom stereocenters. The van der Waals surface area contributed by atoms with Crippen LogP contribution in [0.25, 0.3) is 0 Å². The van der Waals surface area contributed by atoms with Crippen molar-refractivity contribution in [1.29, 1.82) is 0 Å². The van der Waals surface area contributed by atoms with E-state index in [1.54, 1.807) is 6.92 Å². The van der Waals surface area contributed by atoms with Gasteiger partial charge in [-0.3, -0.25) is 10.0 Å². The van der Waals surface area contributed by atoms with Crippen LogP contribution in [0, 0.1) is 0 Å². The van der Waals surface area contributed by atoms with Crippen molar-refractivity contribution in [2.24, 2.45) is 5.73 Å². The van der Waals surface area contributed by atoms with Crippen LogP contribution in [0.1, 0.15) is 13.3 Å². The summed E-state index contributed by atoms with van der Waals surface area (Å²) in [6, 6.07) is -0.583. The molecule has 8 heavy (non-hydrogen) atoms. The summed E-state index contributed by atoms with van der Waals surface area (Å²) in [7, 11) is 0. The standard InChI is InChI=1S/C4H10N2O2/c1-2-3(5)4(7)6-8/h3,8H,2,5H2,1H3,(H,6,7)/t3-/m0/s1. The Morgan fingerprint density at radius 2 is 2.50 bits per heavy atom. The molecule has 4 nitrogen and oxygen atoms in total. The summed E-state index contributed by atoms with van der Waals surface area (Å²) >= 11 is 0. The molecule has 0 aliphatic heterocycles. The highest BCUT2D eigenvalue weighted by atomic mass is 16.5. The Morgan fingerprint density at radius 3 is 2.62 bits per heavy atom. The van der Waals surface area contributed by atoms with E-state index in [2.05, 4.69) is 0 Å². The number of hydroxylamine groups is 1. The Balaban J connectivity index is 3.46. The van der Waals surface area contributed by atoms with Gasteiger partial charge in [-0.2, -0.15) is 0 Å². The van der Waals surface area contributed by atoms with Crippen LogP contribution in [0.2, 0.25) is 0 Å². The van der Waals surface area contributed by atoms with Crippen molar-refractivity contribution in [2.45, 2.75) is 19.4 Å². The zero-order chi connectivity index (χ0) is 6.57. The molecule has 0 aromatic heterocycles. The first kappa shape index (κ1) is 7.39. The van der Waals surface area contributed by atoms with Gasteiger partial charge in [-0.25, -0.2) is 5.48 Å². The van der Waals surface area contributed by atoms with Gasteiger partial charge in [0.05, 0.1) is 6.04 Å². The van der Waals surface area contributed by atoms with Gasteiger partial charge >= 0.3 is 0 Å². The van der Waals surface area contributed by atoms with Crippen LogP contribution in [0.4, 0.5) is 0 Å². The Bertz CT molecular complexity index is 84.1. The van der Waals surface area contributed by atoms with Crippen molar-refractivity contribution < 1.29 is 10.0 Å². The maximum absolute atomic E-state index is 10.3. The van der Waals surface area contributed by atoms with Crippen LogP contribution >= 0.6 is 0 Å². The number of carbonyl (C=O) groups is 1. The number of nitrogens with one attached hydrogen (secondary N) is 1. The smallest absolute Gasteiger partial charge is 0.260 e. The average molecular weight is 118 g/mol. The van der Waals surface area contributed by atoms with E-state index >= 15 is 0 Å². The van der Waals surface area contributed by atoms with Crippen LogP contribution < -0.4 is 11.2 Å². The first-order chi connectivity index (χ1) is 3.72. The van der Waals surface area contributed by atoms with Crippen molar-refractivity contribution in [3.8, 4) is 0 Å². The second kappa shape index (κ2) is 3.40. The van der Waals surface area contributed by atoms with Gasteiger partial charge in [0, 0.05) is 0 Å². The first-order valence-corrected chi connectivity index (χ1v) is 2.42. The molecule has 0 unspecified atom stereocenters. The molecule has 0 rings (SSSR count). The van der Waals surface area contributed by atoms with E-state index in [4.69, 9.17) is 10.9 Å². The number of hydrogen-bond donors (Lipinski definition) is 3. The lowest BCUT2D eigenvalue weighted by Crippen LogP contribution is -2.38. The summed E-state index contributed by atoms with van der Waals surface area (Å²) in [6.45, 7) is 1.76. The summed E-state index contributed by atoms with van der Waals surface area (Å²) in [5.41, 5.74) is 6.61. The molecular weight excluding hydrogens is 108 g/mol. The van der Waals surface area contributed by atoms with Gasteiger partial charge in [0.2, 0.25) is 0 Å². The maximum atomic E-state index is 10.3. The van der Waals surface area contributed by atoms with Crippen LogP contribution in [0.15, 0.2) is 0 Å². The number of hydrogen-bond acceptors (Lipinski definition) is 3. The second-order valence-electron chi connectivity index (χ2n) is 1.49. The molecule has 0 heterocycles. The quantitative estimate of drug-likeness (QED) is 0.329. The van der Waals surface area contributed by atoms with E-state index in [1.165, 1.54) is 5.48 Å². The minimum Gasteiger partial charge on any atom is -0.320 e. The van der Waals surface area contributed by atoms with Crippen LogP contribution in [0.3, 0.4) is 0 Å². The predicted octanol–water partition coefficient (Wildman–Crippen LogP) is -0.771. The zero-order valence-electron chi connectivity index (χ0n) is 4.72. The van der Waals surface area contributed by atoms with Gasteiger partial charge in [-0.15, -0.1) is 0 Å². The van der Waals surface area contributed by atoms with Gasteiger partial charge < -0.3 is 5.73 Å². The Hall–Kier alpha value is -0.610. The second-order valence-corrected chi connectivity index (χ2v) is 1.49.